The third-order valence-electron chi connectivity index (χ3n) is 4.92. The molecular weight excluding hydrogens is 410 g/mol. The van der Waals surface area contributed by atoms with Gasteiger partial charge in [0.25, 0.3) is 5.56 Å². The van der Waals surface area contributed by atoms with Gasteiger partial charge in [-0.1, -0.05) is 30.3 Å². The van der Waals surface area contributed by atoms with Gasteiger partial charge in [0.1, 0.15) is 12.3 Å². The van der Waals surface area contributed by atoms with Crippen LogP contribution in [0.15, 0.2) is 77.0 Å². The van der Waals surface area contributed by atoms with Crippen LogP contribution in [0.2, 0.25) is 0 Å². The molecule has 0 spiro atoms. The summed E-state index contributed by atoms with van der Waals surface area (Å²) in [6.45, 7) is 1.81. The van der Waals surface area contributed by atoms with E-state index >= 15 is 0 Å². The van der Waals surface area contributed by atoms with Gasteiger partial charge in [-0.05, 0) is 42.1 Å². The molecule has 0 radical (unpaired) electrons. The summed E-state index contributed by atoms with van der Waals surface area (Å²) in [6.07, 6.45) is 1.73. The van der Waals surface area contributed by atoms with Gasteiger partial charge in [-0.15, -0.1) is 11.3 Å². The molecule has 0 aliphatic rings. The summed E-state index contributed by atoms with van der Waals surface area (Å²) in [4.78, 5) is 35.5. The zero-order chi connectivity index (χ0) is 21.4. The van der Waals surface area contributed by atoms with Crippen molar-refractivity contribution in [3.8, 4) is 10.6 Å². The average molecular weight is 427 g/mol. The first-order valence-electron chi connectivity index (χ1n) is 9.68. The summed E-state index contributed by atoms with van der Waals surface area (Å²) in [7, 11) is 0. The molecule has 7 heteroatoms. The van der Waals surface area contributed by atoms with E-state index in [0.717, 1.165) is 27.0 Å². The van der Waals surface area contributed by atoms with Crippen molar-refractivity contribution in [2.24, 2.45) is 0 Å². The Labute approximate surface area is 181 Å². The van der Waals surface area contributed by atoms with Gasteiger partial charge in [-0.25, -0.2) is 14.8 Å². The predicted octanol–water partition coefficient (Wildman–Crippen LogP) is 4.64. The first kappa shape index (κ1) is 19.1. The second-order valence-electron chi connectivity index (χ2n) is 7.15. The highest BCUT2D eigenvalue weighted by Gasteiger charge is 2.16. The fourth-order valence-corrected chi connectivity index (χ4v) is 4.13. The number of hydrogen-bond donors (Lipinski definition) is 0. The van der Waals surface area contributed by atoms with Crippen molar-refractivity contribution < 1.29 is 9.53 Å². The Morgan fingerprint density at radius 2 is 1.94 bits per heavy atom. The number of carbonyl (C=O) groups excluding carboxylic acids is 1. The Bertz CT molecular complexity index is 1490. The van der Waals surface area contributed by atoms with E-state index < -0.39 is 5.97 Å². The lowest BCUT2D eigenvalue weighted by Crippen LogP contribution is -2.17. The fraction of sp³-hybridized carbons (Fsp3) is 0.0833. The number of para-hydroxylation sites is 1. The van der Waals surface area contributed by atoms with E-state index in [9.17, 15) is 9.59 Å². The largest absolute Gasteiger partial charge is 0.456 e. The van der Waals surface area contributed by atoms with Crippen LogP contribution < -0.4 is 5.56 Å². The molecule has 0 N–H and O–H groups in total. The van der Waals surface area contributed by atoms with Crippen LogP contribution in [0.5, 0.6) is 0 Å². The van der Waals surface area contributed by atoms with Crippen molar-refractivity contribution in [3.63, 3.8) is 0 Å². The molecule has 152 valence electrons. The third kappa shape index (κ3) is 3.71. The Morgan fingerprint density at radius 3 is 2.77 bits per heavy atom. The average Bonchev–Trinajstić information content (AvgIpc) is 3.32. The van der Waals surface area contributed by atoms with Crippen molar-refractivity contribution in [2.75, 3.05) is 0 Å². The SMILES string of the molecule is Cc1ccc2nc(COC(=O)c3cc(-c4cccs4)nc4ccccc34)cc(=O)n2c1. The maximum atomic E-state index is 13.0. The van der Waals surface area contributed by atoms with Crippen molar-refractivity contribution in [1.82, 2.24) is 14.4 Å². The van der Waals surface area contributed by atoms with E-state index in [0.29, 0.717) is 16.9 Å². The minimum absolute atomic E-state index is 0.0938. The molecule has 0 fully saturated rings. The van der Waals surface area contributed by atoms with Crippen LogP contribution in [0.4, 0.5) is 0 Å². The molecule has 4 aromatic heterocycles. The van der Waals surface area contributed by atoms with E-state index in [1.165, 1.54) is 10.5 Å². The Hall–Kier alpha value is -3.84. The molecule has 31 heavy (non-hydrogen) atoms. The molecule has 0 aliphatic heterocycles. The van der Waals surface area contributed by atoms with Crippen molar-refractivity contribution in [1.29, 1.82) is 0 Å². The molecule has 0 unspecified atom stereocenters. The van der Waals surface area contributed by atoms with E-state index in [4.69, 9.17) is 4.74 Å². The van der Waals surface area contributed by atoms with Crippen molar-refractivity contribution >= 4 is 33.9 Å². The molecule has 0 atom stereocenters. The highest BCUT2D eigenvalue weighted by atomic mass is 32.1. The number of nitrogens with zero attached hydrogens (tertiary/aromatic N) is 3. The quantitative estimate of drug-likeness (QED) is 0.391. The molecule has 4 heterocycles. The lowest BCUT2D eigenvalue weighted by Gasteiger charge is -2.10. The zero-order valence-electron chi connectivity index (χ0n) is 16.6. The summed E-state index contributed by atoms with van der Waals surface area (Å²) >= 11 is 1.56. The van der Waals surface area contributed by atoms with Crippen LogP contribution in [0.1, 0.15) is 21.6 Å². The standard InChI is InChI=1S/C24H17N3O3S/c1-15-8-9-22-25-16(11-23(28)27(22)13-15)14-30-24(29)18-12-20(21-7-4-10-31-21)26-19-6-3-2-5-17(18)19/h2-13H,14H2,1H3. The molecule has 5 rings (SSSR count). The molecule has 6 nitrogen and oxygen atoms in total. The Kier molecular flexibility index (Phi) is 4.80. The first-order valence-corrected chi connectivity index (χ1v) is 10.6. The van der Waals surface area contributed by atoms with Gasteiger partial charge >= 0.3 is 5.97 Å². The highest BCUT2D eigenvalue weighted by Crippen LogP contribution is 2.28. The fourth-order valence-electron chi connectivity index (χ4n) is 3.44. The minimum Gasteiger partial charge on any atom is -0.456 e. The number of pyridine rings is 2. The molecule has 0 saturated carbocycles. The van der Waals surface area contributed by atoms with E-state index in [-0.39, 0.29) is 12.2 Å². The van der Waals surface area contributed by atoms with E-state index in [2.05, 4.69) is 9.97 Å². The second kappa shape index (κ2) is 7.77. The lowest BCUT2D eigenvalue weighted by atomic mass is 10.1. The summed E-state index contributed by atoms with van der Waals surface area (Å²) < 4.78 is 7.02. The third-order valence-corrected chi connectivity index (χ3v) is 5.81. The summed E-state index contributed by atoms with van der Waals surface area (Å²) in [5.74, 6) is -0.484. The summed E-state index contributed by atoms with van der Waals surface area (Å²) in [6, 6.07) is 18.2. The summed E-state index contributed by atoms with van der Waals surface area (Å²) in [5, 5.41) is 2.69. The predicted molar refractivity (Wildman–Crippen MR) is 120 cm³/mol. The summed E-state index contributed by atoms with van der Waals surface area (Å²) in [5.41, 5.74) is 3.53. The van der Waals surface area contributed by atoms with Gasteiger partial charge < -0.3 is 4.74 Å². The normalized spacial score (nSPS) is 11.1. The lowest BCUT2D eigenvalue weighted by molar-refractivity contribution is 0.0470. The van der Waals surface area contributed by atoms with Gasteiger partial charge in [0, 0.05) is 17.6 Å². The topological polar surface area (TPSA) is 73.6 Å². The smallest absolute Gasteiger partial charge is 0.339 e. The van der Waals surface area contributed by atoms with E-state index in [1.54, 1.807) is 29.7 Å². The minimum atomic E-state index is -0.484. The molecule has 1 aromatic carbocycles. The number of aromatic nitrogens is 3. The van der Waals surface area contributed by atoms with Crippen LogP contribution in [0.3, 0.4) is 0 Å². The molecule has 5 aromatic rings. The highest BCUT2D eigenvalue weighted by molar-refractivity contribution is 7.13. The van der Waals surface area contributed by atoms with Gasteiger partial charge in [0.05, 0.1) is 27.3 Å². The van der Waals surface area contributed by atoms with E-state index in [1.807, 2.05) is 54.8 Å². The Balaban J connectivity index is 1.47. The maximum absolute atomic E-state index is 13.0. The number of thiophene rings is 1. The number of carbonyl (C=O) groups is 1. The van der Waals surface area contributed by atoms with Gasteiger partial charge in [0.15, 0.2) is 0 Å². The number of ether oxygens (including phenoxy) is 1. The molecule has 0 amide bonds. The van der Waals surface area contributed by atoms with Crippen LogP contribution in [0, 0.1) is 6.92 Å². The number of esters is 1. The van der Waals surface area contributed by atoms with Gasteiger partial charge in [0.2, 0.25) is 0 Å². The molecule has 0 bridgehead atoms. The van der Waals surface area contributed by atoms with Crippen molar-refractivity contribution in [2.45, 2.75) is 13.5 Å². The maximum Gasteiger partial charge on any atom is 0.339 e. The molecular formula is C24H17N3O3S. The second-order valence-corrected chi connectivity index (χ2v) is 8.09. The van der Waals surface area contributed by atoms with Crippen LogP contribution in [-0.4, -0.2) is 20.3 Å². The van der Waals surface area contributed by atoms with Crippen LogP contribution >= 0.6 is 11.3 Å². The molecule has 0 saturated heterocycles. The van der Waals surface area contributed by atoms with Gasteiger partial charge in [-0.3, -0.25) is 9.20 Å². The van der Waals surface area contributed by atoms with Gasteiger partial charge in [-0.2, -0.15) is 0 Å². The van der Waals surface area contributed by atoms with Crippen LogP contribution in [-0.2, 0) is 11.3 Å². The van der Waals surface area contributed by atoms with Crippen molar-refractivity contribution in [3.05, 3.63) is 99.4 Å². The van der Waals surface area contributed by atoms with Crippen LogP contribution in [0.25, 0.3) is 27.1 Å². The Morgan fingerprint density at radius 1 is 1.06 bits per heavy atom. The first-order chi connectivity index (χ1) is 15.1. The number of rotatable bonds is 4. The number of benzene rings is 1. The number of aryl methyl sites for hydroxylation is 1. The monoisotopic (exact) mass is 427 g/mol. The number of fused-ring (bicyclic) bond motifs is 2. The molecule has 0 aliphatic carbocycles. The zero-order valence-corrected chi connectivity index (χ0v) is 17.4. The number of hydrogen-bond acceptors (Lipinski definition) is 6.